The van der Waals surface area contributed by atoms with E-state index in [-0.39, 0.29) is 0 Å². The van der Waals surface area contributed by atoms with E-state index in [4.69, 9.17) is 5.11 Å². The number of nitrogens with zero attached hydrogens (tertiary/aromatic N) is 4. The fourth-order valence-electron chi connectivity index (χ4n) is 2.72. The van der Waals surface area contributed by atoms with Gasteiger partial charge in [-0.1, -0.05) is 13.0 Å². The Kier molecular flexibility index (Phi) is 5.96. The van der Waals surface area contributed by atoms with Crippen molar-refractivity contribution in [1.82, 2.24) is 4.98 Å². The van der Waals surface area contributed by atoms with E-state index >= 15 is 0 Å². The van der Waals surface area contributed by atoms with E-state index < -0.39 is 37.6 Å². The van der Waals surface area contributed by atoms with E-state index in [0.29, 0.717) is 12.1 Å². The minimum atomic E-state index is -1.21. The molecule has 0 radical (unpaired) electrons. The Morgan fingerprint density at radius 2 is 1.67 bits per heavy atom. The monoisotopic (exact) mass is 376 g/mol. The van der Waals surface area contributed by atoms with E-state index in [1.807, 2.05) is 12.3 Å². The molecular weight excluding hydrogens is 360 g/mol. The van der Waals surface area contributed by atoms with E-state index in [9.17, 15) is 30.3 Å². The number of nitro benzene ring substituents is 3. The van der Waals surface area contributed by atoms with Crippen LogP contribution in [0.2, 0.25) is 0 Å². The van der Waals surface area contributed by atoms with Gasteiger partial charge < -0.3 is 5.11 Å². The molecule has 0 bridgehead atoms. The number of pyridine rings is 1. The second-order valence-corrected chi connectivity index (χ2v) is 6.06. The van der Waals surface area contributed by atoms with Crippen molar-refractivity contribution in [2.24, 2.45) is 5.92 Å². The first-order valence-electron chi connectivity index (χ1n) is 7.93. The van der Waals surface area contributed by atoms with Gasteiger partial charge in [-0.25, -0.2) is 0 Å². The quantitative estimate of drug-likeness (QED) is 0.629. The van der Waals surface area contributed by atoms with Crippen LogP contribution in [0, 0.1) is 36.3 Å². The van der Waals surface area contributed by atoms with Crippen molar-refractivity contribution in [2.75, 3.05) is 0 Å². The average molecular weight is 376 g/mol. The number of aromatic hydroxyl groups is 1. The number of fused-ring (bicyclic) bond motifs is 1. The maximum Gasteiger partial charge on any atom is 0.324 e. The highest BCUT2D eigenvalue weighted by Crippen LogP contribution is 2.38. The zero-order valence-electron chi connectivity index (χ0n) is 14.3. The lowest BCUT2D eigenvalue weighted by Crippen LogP contribution is -2.12. The van der Waals surface area contributed by atoms with Crippen molar-refractivity contribution in [3.05, 3.63) is 72.1 Å². The standard InChI is InChI=1S/C10H13N.C6H3N3O7/c1-8-4-5-10-9(7-8)3-2-6-11-10;10-6-4(8(13)14)1-3(7(11)12)2-5(6)9(15)16/h2-3,6,8H,4-5,7H2,1H3;1-2,10H. The number of nitro groups is 3. The van der Waals surface area contributed by atoms with Gasteiger partial charge in [0.2, 0.25) is 0 Å². The molecule has 0 fully saturated rings. The fourth-order valence-corrected chi connectivity index (χ4v) is 2.72. The van der Waals surface area contributed by atoms with Crippen LogP contribution in [0.1, 0.15) is 24.6 Å². The zero-order chi connectivity index (χ0) is 20.1. The lowest BCUT2D eigenvalue weighted by Gasteiger charge is -2.19. The Balaban J connectivity index is 0.000000206. The Hall–Kier alpha value is -3.63. The van der Waals surface area contributed by atoms with Crippen LogP contribution in [-0.4, -0.2) is 24.9 Å². The predicted octanol–water partition coefficient (Wildman–Crippen LogP) is 3.32. The van der Waals surface area contributed by atoms with Gasteiger partial charge in [-0.05, 0) is 36.8 Å². The molecule has 3 rings (SSSR count). The molecule has 1 aromatic heterocycles. The summed E-state index contributed by atoms with van der Waals surface area (Å²) < 4.78 is 0. The first-order valence-corrected chi connectivity index (χ1v) is 7.93. The third kappa shape index (κ3) is 4.71. The Bertz CT molecular complexity index is 865. The summed E-state index contributed by atoms with van der Waals surface area (Å²) in [6.07, 6.45) is 5.61. The number of rotatable bonds is 3. The molecule has 1 aromatic carbocycles. The number of aryl methyl sites for hydroxylation is 1. The highest BCUT2D eigenvalue weighted by Gasteiger charge is 2.30. The molecule has 0 aliphatic heterocycles. The van der Waals surface area contributed by atoms with Crippen molar-refractivity contribution < 1.29 is 19.9 Å². The van der Waals surface area contributed by atoms with E-state index in [2.05, 4.69) is 18.0 Å². The molecule has 11 nitrogen and oxygen atoms in total. The van der Waals surface area contributed by atoms with Crippen molar-refractivity contribution in [3.63, 3.8) is 0 Å². The molecule has 1 N–H and O–H groups in total. The van der Waals surface area contributed by atoms with E-state index in [0.717, 1.165) is 5.92 Å². The van der Waals surface area contributed by atoms with Crippen LogP contribution < -0.4 is 0 Å². The number of hydrogen-bond donors (Lipinski definition) is 1. The summed E-state index contributed by atoms with van der Waals surface area (Å²) in [5, 5.41) is 40.2. The minimum absolute atomic E-state index is 0.447. The number of non-ortho nitro benzene ring substituents is 1. The number of aromatic nitrogens is 1. The Morgan fingerprint density at radius 3 is 2.19 bits per heavy atom. The molecule has 27 heavy (non-hydrogen) atoms. The summed E-state index contributed by atoms with van der Waals surface area (Å²) in [4.78, 5) is 32.1. The van der Waals surface area contributed by atoms with Crippen LogP contribution in [0.15, 0.2) is 30.5 Å². The zero-order valence-corrected chi connectivity index (χ0v) is 14.3. The third-order valence-electron chi connectivity index (χ3n) is 4.09. The molecule has 0 saturated heterocycles. The maximum absolute atomic E-state index is 10.4. The molecule has 2 aromatic rings. The van der Waals surface area contributed by atoms with Crippen LogP contribution in [0.25, 0.3) is 0 Å². The van der Waals surface area contributed by atoms with Crippen LogP contribution in [0.4, 0.5) is 17.1 Å². The molecule has 1 unspecified atom stereocenters. The number of hydrogen-bond acceptors (Lipinski definition) is 8. The average Bonchev–Trinajstić information content (AvgIpc) is 2.61. The Morgan fingerprint density at radius 1 is 1.07 bits per heavy atom. The molecule has 0 spiro atoms. The summed E-state index contributed by atoms with van der Waals surface area (Å²) in [5.74, 6) is -0.354. The van der Waals surface area contributed by atoms with Gasteiger partial charge in [0.05, 0.1) is 26.9 Å². The van der Waals surface area contributed by atoms with E-state index in [1.54, 1.807) is 0 Å². The second kappa shape index (κ2) is 8.17. The van der Waals surface area contributed by atoms with Crippen molar-refractivity contribution in [2.45, 2.75) is 26.2 Å². The van der Waals surface area contributed by atoms with Gasteiger partial charge in [0, 0.05) is 11.9 Å². The normalized spacial score (nSPS) is 15.1. The van der Waals surface area contributed by atoms with Gasteiger partial charge in [0.25, 0.3) is 11.4 Å². The highest BCUT2D eigenvalue weighted by atomic mass is 16.6. The topological polar surface area (TPSA) is 163 Å². The summed E-state index contributed by atoms with van der Waals surface area (Å²) in [6, 6.07) is 5.14. The van der Waals surface area contributed by atoms with Gasteiger partial charge in [0.1, 0.15) is 0 Å². The minimum Gasteiger partial charge on any atom is -0.497 e. The molecule has 11 heteroatoms. The molecule has 1 heterocycles. The van der Waals surface area contributed by atoms with Gasteiger partial charge in [-0.2, -0.15) is 0 Å². The van der Waals surface area contributed by atoms with Crippen LogP contribution in [0.5, 0.6) is 5.75 Å². The van der Waals surface area contributed by atoms with Crippen molar-refractivity contribution in [3.8, 4) is 5.75 Å². The summed E-state index contributed by atoms with van der Waals surface area (Å²) in [6.45, 7) is 2.32. The molecular formula is C16H16N4O7. The summed E-state index contributed by atoms with van der Waals surface area (Å²) in [7, 11) is 0. The first kappa shape index (κ1) is 19.7. The number of phenolic OH excluding ortho intramolecular Hbond substituents is 1. The third-order valence-corrected chi connectivity index (χ3v) is 4.09. The lowest BCUT2D eigenvalue weighted by molar-refractivity contribution is -0.404. The molecule has 142 valence electrons. The largest absolute Gasteiger partial charge is 0.497 e. The van der Waals surface area contributed by atoms with E-state index in [1.165, 1.54) is 30.5 Å². The van der Waals surface area contributed by atoms with Crippen molar-refractivity contribution in [1.29, 1.82) is 0 Å². The van der Waals surface area contributed by atoms with Gasteiger partial charge in [-0.3, -0.25) is 35.3 Å². The fraction of sp³-hybridized carbons (Fsp3) is 0.312. The molecule has 1 aliphatic carbocycles. The van der Waals surface area contributed by atoms with Gasteiger partial charge in [-0.15, -0.1) is 0 Å². The first-order chi connectivity index (χ1) is 12.7. The van der Waals surface area contributed by atoms with Crippen LogP contribution in [0.3, 0.4) is 0 Å². The second-order valence-electron chi connectivity index (χ2n) is 6.06. The lowest BCUT2D eigenvalue weighted by atomic mass is 9.88. The maximum atomic E-state index is 10.4. The number of benzene rings is 1. The summed E-state index contributed by atoms with van der Waals surface area (Å²) in [5.41, 5.74) is -0.213. The molecule has 1 atom stereocenters. The highest BCUT2D eigenvalue weighted by molar-refractivity contribution is 5.64. The van der Waals surface area contributed by atoms with Gasteiger partial charge >= 0.3 is 11.4 Å². The molecule has 0 saturated carbocycles. The SMILES string of the molecule is CC1CCc2ncccc2C1.O=[N+]([O-])c1cc([N+](=O)[O-])c(O)c([N+](=O)[O-])c1. The molecule has 1 aliphatic rings. The van der Waals surface area contributed by atoms with Crippen molar-refractivity contribution >= 4 is 17.1 Å². The molecule has 0 amide bonds. The van der Waals surface area contributed by atoms with Crippen LogP contribution >= 0.6 is 0 Å². The predicted molar refractivity (Wildman–Crippen MR) is 93.5 cm³/mol. The van der Waals surface area contributed by atoms with Crippen LogP contribution in [-0.2, 0) is 12.8 Å². The summed E-state index contributed by atoms with van der Waals surface area (Å²) >= 11 is 0. The number of phenols is 1. The smallest absolute Gasteiger partial charge is 0.324 e. The van der Waals surface area contributed by atoms with Gasteiger partial charge in [0.15, 0.2) is 0 Å². The Labute approximate surface area is 152 Å².